The van der Waals surface area contributed by atoms with E-state index in [0.29, 0.717) is 0 Å². The zero-order chi connectivity index (χ0) is 12.6. The van der Waals surface area contributed by atoms with Gasteiger partial charge in [-0.2, -0.15) is 0 Å². The van der Waals surface area contributed by atoms with Crippen molar-refractivity contribution in [1.82, 2.24) is 10.3 Å². The normalized spacial score (nSPS) is 24.1. The Hall–Kier alpha value is -0.890. The second kappa shape index (κ2) is 7.52. The van der Waals surface area contributed by atoms with Gasteiger partial charge in [0, 0.05) is 12.4 Å². The van der Waals surface area contributed by atoms with Gasteiger partial charge >= 0.3 is 0 Å². The van der Waals surface area contributed by atoms with E-state index in [2.05, 4.69) is 29.4 Å². The highest BCUT2D eigenvalue weighted by atomic mass is 14.9. The molecule has 1 heterocycles. The molecule has 0 amide bonds. The summed E-state index contributed by atoms with van der Waals surface area (Å²) in [4.78, 5) is 4.11. The SMILES string of the molecule is CCCNCC1CCCCC1Cc1ccncc1. The molecular formula is C16H26N2. The second-order valence-corrected chi connectivity index (χ2v) is 5.57. The summed E-state index contributed by atoms with van der Waals surface area (Å²) in [6, 6.07) is 4.34. The van der Waals surface area contributed by atoms with E-state index in [9.17, 15) is 0 Å². The van der Waals surface area contributed by atoms with E-state index < -0.39 is 0 Å². The van der Waals surface area contributed by atoms with Crippen molar-refractivity contribution in [2.45, 2.75) is 45.4 Å². The molecule has 1 aromatic heterocycles. The van der Waals surface area contributed by atoms with Crippen molar-refractivity contribution in [3.05, 3.63) is 30.1 Å². The summed E-state index contributed by atoms with van der Waals surface area (Å²) in [5, 5.41) is 3.61. The van der Waals surface area contributed by atoms with Crippen molar-refractivity contribution in [3.63, 3.8) is 0 Å². The number of hydrogen-bond acceptors (Lipinski definition) is 2. The van der Waals surface area contributed by atoms with Gasteiger partial charge < -0.3 is 5.32 Å². The molecule has 0 saturated heterocycles. The zero-order valence-electron chi connectivity index (χ0n) is 11.6. The molecule has 2 nitrogen and oxygen atoms in total. The highest BCUT2D eigenvalue weighted by Crippen LogP contribution is 2.32. The average molecular weight is 246 g/mol. The third-order valence-electron chi connectivity index (χ3n) is 4.15. The van der Waals surface area contributed by atoms with E-state index in [0.717, 1.165) is 11.8 Å². The van der Waals surface area contributed by atoms with E-state index >= 15 is 0 Å². The van der Waals surface area contributed by atoms with Crippen LogP contribution in [-0.4, -0.2) is 18.1 Å². The maximum Gasteiger partial charge on any atom is 0.0270 e. The van der Waals surface area contributed by atoms with E-state index in [1.165, 1.54) is 57.2 Å². The van der Waals surface area contributed by atoms with Gasteiger partial charge in [-0.1, -0.05) is 19.8 Å². The third-order valence-corrected chi connectivity index (χ3v) is 4.15. The zero-order valence-corrected chi connectivity index (χ0v) is 11.6. The van der Waals surface area contributed by atoms with Gasteiger partial charge in [0.1, 0.15) is 0 Å². The van der Waals surface area contributed by atoms with Crippen LogP contribution in [0.15, 0.2) is 24.5 Å². The summed E-state index contributed by atoms with van der Waals surface area (Å²) < 4.78 is 0. The molecule has 18 heavy (non-hydrogen) atoms. The number of hydrogen-bond donors (Lipinski definition) is 1. The minimum Gasteiger partial charge on any atom is -0.316 e. The first-order valence-electron chi connectivity index (χ1n) is 7.49. The minimum absolute atomic E-state index is 0.866. The van der Waals surface area contributed by atoms with Gasteiger partial charge in [0.05, 0.1) is 0 Å². The third kappa shape index (κ3) is 4.09. The van der Waals surface area contributed by atoms with Crippen LogP contribution in [0.4, 0.5) is 0 Å². The molecule has 1 aliphatic carbocycles. The van der Waals surface area contributed by atoms with Crippen LogP contribution in [0.3, 0.4) is 0 Å². The van der Waals surface area contributed by atoms with E-state index in [1.807, 2.05) is 12.4 Å². The monoisotopic (exact) mass is 246 g/mol. The fourth-order valence-corrected chi connectivity index (χ4v) is 3.11. The molecule has 100 valence electrons. The van der Waals surface area contributed by atoms with Crippen LogP contribution in [0.2, 0.25) is 0 Å². The van der Waals surface area contributed by atoms with Gasteiger partial charge in [-0.3, -0.25) is 4.98 Å². The Morgan fingerprint density at radius 2 is 1.89 bits per heavy atom. The largest absolute Gasteiger partial charge is 0.316 e. The van der Waals surface area contributed by atoms with Crippen molar-refractivity contribution in [1.29, 1.82) is 0 Å². The number of nitrogens with one attached hydrogen (secondary N) is 1. The molecule has 0 bridgehead atoms. The Balaban J connectivity index is 1.87. The summed E-state index contributed by atoms with van der Waals surface area (Å²) in [5.74, 6) is 1.74. The molecule has 0 aliphatic heterocycles. The molecule has 2 rings (SSSR count). The van der Waals surface area contributed by atoms with Crippen molar-refractivity contribution < 1.29 is 0 Å². The first kappa shape index (κ1) is 13.5. The van der Waals surface area contributed by atoms with E-state index in [-0.39, 0.29) is 0 Å². The van der Waals surface area contributed by atoms with Crippen molar-refractivity contribution in [2.75, 3.05) is 13.1 Å². The highest BCUT2D eigenvalue weighted by Gasteiger charge is 2.24. The lowest BCUT2D eigenvalue weighted by Crippen LogP contribution is -2.32. The smallest absolute Gasteiger partial charge is 0.0270 e. The molecular weight excluding hydrogens is 220 g/mol. The Kier molecular flexibility index (Phi) is 5.66. The molecule has 2 unspecified atom stereocenters. The molecule has 0 spiro atoms. The molecule has 1 fully saturated rings. The number of rotatable bonds is 6. The fourth-order valence-electron chi connectivity index (χ4n) is 3.11. The molecule has 1 aliphatic rings. The quantitative estimate of drug-likeness (QED) is 0.778. The number of pyridine rings is 1. The summed E-state index contributed by atoms with van der Waals surface area (Å²) in [6.45, 7) is 4.62. The Morgan fingerprint density at radius 3 is 2.61 bits per heavy atom. The molecule has 0 aromatic carbocycles. The van der Waals surface area contributed by atoms with E-state index in [4.69, 9.17) is 0 Å². The van der Waals surface area contributed by atoms with Gasteiger partial charge in [-0.25, -0.2) is 0 Å². The lowest BCUT2D eigenvalue weighted by Gasteiger charge is -2.32. The number of nitrogens with zero attached hydrogens (tertiary/aromatic N) is 1. The van der Waals surface area contributed by atoms with Gasteiger partial charge in [0.15, 0.2) is 0 Å². The van der Waals surface area contributed by atoms with Gasteiger partial charge in [0.2, 0.25) is 0 Å². The first-order valence-corrected chi connectivity index (χ1v) is 7.49. The van der Waals surface area contributed by atoms with Crippen molar-refractivity contribution >= 4 is 0 Å². The van der Waals surface area contributed by atoms with Crippen LogP contribution in [0.25, 0.3) is 0 Å². The van der Waals surface area contributed by atoms with Crippen LogP contribution in [0, 0.1) is 11.8 Å². The minimum atomic E-state index is 0.866. The molecule has 2 atom stereocenters. The highest BCUT2D eigenvalue weighted by molar-refractivity contribution is 5.11. The van der Waals surface area contributed by atoms with Crippen LogP contribution < -0.4 is 5.32 Å². The van der Waals surface area contributed by atoms with Gasteiger partial charge in [-0.05, 0) is 68.3 Å². The standard InChI is InChI=1S/C16H26N2/c1-2-9-18-13-16-6-4-3-5-15(16)12-14-7-10-17-11-8-14/h7-8,10-11,15-16,18H,2-6,9,12-13H2,1H3. The van der Waals surface area contributed by atoms with Gasteiger partial charge in [0.25, 0.3) is 0 Å². The van der Waals surface area contributed by atoms with Crippen LogP contribution in [0.5, 0.6) is 0 Å². The van der Waals surface area contributed by atoms with E-state index in [1.54, 1.807) is 0 Å². The Morgan fingerprint density at radius 1 is 1.17 bits per heavy atom. The average Bonchev–Trinajstić information content (AvgIpc) is 2.42. The lowest BCUT2D eigenvalue weighted by atomic mass is 9.76. The Labute approximate surface area is 111 Å². The van der Waals surface area contributed by atoms with Gasteiger partial charge in [-0.15, -0.1) is 0 Å². The predicted octanol–water partition coefficient (Wildman–Crippen LogP) is 3.43. The van der Waals surface area contributed by atoms with Crippen LogP contribution in [-0.2, 0) is 6.42 Å². The van der Waals surface area contributed by atoms with Crippen molar-refractivity contribution in [3.8, 4) is 0 Å². The summed E-state index contributed by atoms with van der Waals surface area (Å²) in [5.41, 5.74) is 1.46. The Bertz CT molecular complexity index is 323. The fraction of sp³-hybridized carbons (Fsp3) is 0.688. The van der Waals surface area contributed by atoms with Crippen LogP contribution >= 0.6 is 0 Å². The maximum absolute atomic E-state index is 4.11. The van der Waals surface area contributed by atoms with Crippen molar-refractivity contribution in [2.24, 2.45) is 11.8 Å². The van der Waals surface area contributed by atoms with Crippen LogP contribution in [0.1, 0.15) is 44.6 Å². The lowest BCUT2D eigenvalue weighted by molar-refractivity contribution is 0.229. The maximum atomic E-state index is 4.11. The summed E-state index contributed by atoms with van der Waals surface area (Å²) in [6.07, 6.45) is 12.0. The summed E-state index contributed by atoms with van der Waals surface area (Å²) >= 11 is 0. The number of aromatic nitrogens is 1. The molecule has 2 heteroatoms. The molecule has 1 aromatic rings. The molecule has 1 N–H and O–H groups in total. The first-order chi connectivity index (χ1) is 8.90. The molecule has 1 saturated carbocycles. The topological polar surface area (TPSA) is 24.9 Å². The second-order valence-electron chi connectivity index (χ2n) is 5.57. The molecule has 0 radical (unpaired) electrons. The summed E-state index contributed by atoms with van der Waals surface area (Å²) in [7, 11) is 0. The predicted molar refractivity (Wildman–Crippen MR) is 76.5 cm³/mol.